The molecule has 4 nitrogen and oxygen atoms in total. The molecule has 1 aromatic carbocycles. The van der Waals surface area contributed by atoms with Crippen molar-refractivity contribution in [3.63, 3.8) is 0 Å². The van der Waals surface area contributed by atoms with E-state index in [9.17, 15) is 9.00 Å². The van der Waals surface area contributed by atoms with E-state index in [1.165, 1.54) is 16.7 Å². The zero-order chi connectivity index (χ0) is 16.3. The van der Waals surface area contributed by atoms with Gasteiger partial charge in [0.15, 0.2) is 0 Å². The molecule has 122 valence electrons. The molecule has 0 saturated carbocycles. The quantitative estimate of drug-likeness (QED) is 0.926. The summed E-state index contributed by atoms with van der Waals surface area (Å²) >= 11 is 0. The van der Waals surface area contributed by atoms with Crippen molar-refractivity contribution in [3.8, 4) is 0 Å². The molecule has 0 fully saturated rings. The van der Waals surface area contributed by atoms with Gasteiger partial charge in [-0.25, -0.2) is 4.79 Å². The summed E-state index contributed by atoms with van der Waals surface area (Å²) in [6, 6.07) is 6.27. The molecular formula is C17H26N2O2S. The van der Waals surface area contributed by atoms with Crippen molar-refractivity contribution in [2.24, 2.45) is 0 Å². The molecule has 1 aliphatic heterocycles. The Kier molecular flexibility index (Phi) is 5.62. The average molecular weight is 322 g/mol. The van der Waals surface area contributed by atoms with E-state index in [1.54, 1.807) is 6.26 Å². The molecule has 1 aromatic rings. The molecule has 1 heterocycles. The van der Waals surface area contributed by atoms with Gasteiger partial charge in [0.1, 0.15) is 0 Å². The number of benzene rings is 1. The minimum absolute atomic E-state index is 0.0569. The van der Waals surface area contributed by atoms with Gasteiger partial charge in [-0.3, -0.25) is 4.21 Å². The van der Waals surface area contributed by atoms with Gasteiger partial charge in [-0.05, 0) is 36.0 Å². The van der Waals surface area contributed by atoms with Crippen molar-refractivity contribution in [1.82, 2.24) is 10.2 Å². The summed E-state index contributed by atoms with van der Waals surface area (Å²) in [5.74, 6) is 1.00. The average Bonchev–Trinajstić information content (AvgIpc) is 2.44. The lowest BCUT2D eigenvalue weighted by atomic mass is 9.89. The number of hydrogen-bond acceptors (Lipinski definition) is 2. The smallest absolute Gasteiger partial charge is 0.317 e. The number of carbonyl (C=O) groups excluding carboxylic acids is 1. The van der Waals surface area contributed by atoms with Crippen LogP contribution >= 0.6 is 0 Å². The van der Waals surface area contributed by atoms with Gasteiger partial charge in [0.25, 0.3) is 0 Å². The van der Waals surface area contributed by atoms with E-state index < -0.39 is 10.8 Å². The van der Waals surface area contributed by atoms with E-state index in [0.29, 0.717) is 18.2 Å². The zero-order valence-electron chi connectivity index (χ0n) is 13.9. The monoisotopic (exact) mass is 322 g/mol. The van der Waals surface area contributed by atoms with Crippen molar-refractivity contribution in [3.05, 3.63) is 34.9 Å². The largest absolute Gasteiger partial charge is 0.335 e. The van der Waals surface area contributed by atoms with Crippen molar-refractivity contribution < 1.29 is 9.00 Å². The first-order valence-electron chi connectivity index (χ1n) is 7.84. The molecular weight excluding hydrogens is 296 g/mol. The minimum Gasteiger partial charge on any atom is -0.335 e. The van der Waals surface area contributed by atoms with Gasteiger partial charge in [-0.15, -0.1) is 0 Å². The third kappa shape index (κ3) is 4.09. The van der Waals surface area contributed by atoms with Crippen molar-refractivity contribution in [2.75, 3.05) is 18.6 Å². The van der Waals surface area contributed by atoms with Crippen LogP contribution in [0.15, 0.2) is 18.2 Å². The molecule has 0 bridgehead atoms. The van der Waals surface area contributed by atoms with Crippen LogP contribution in [0.3, 0.4) is 0 Å². The highest BCUT2D eigenvalue weighted by molar-refractivity contribution is 7.84. The molecule has 0 radical (unpaired) electrons. The fourth-order valence-electron chi connectivity index (χ4n) is 3.05. The number of urea groups is 1. The maximum atomic E-state index is 12.3. The molecule has 0 spiro atoms. The first-order valence-corrected chi connectivity index (χ1v) is 9.57. The van der Waals surface area contributed by atoms with Crippen molar-refractivity contribution in [2.45, 2.75) is 45.7 Å². The number of nitrogens with zero attached hydrogens (tertiary/aromatic N) is 1. The Morgan fingerprint density at radius 1 is 1.36 bits per heavy atom. The Balaban J connectivity index is 2.04. The molecule has 1 aliphatic rings. The van der Waals surface area contributed by atoms with Crippen LogP contribution in [-0.4, -0.2) is 39.7 Å². The van der Waals surface area contributed by atoms with Gasteiger partial charge >= 0.3 is 6.03 Å². The summed E-state index contributed by atoms with van der Waals surface area (Å²) in [6.45, 7) is 7.71. The second-order valence-electron chi connectivity index (χ2n) is 6.40. The lowest BCUT2D eigenvalue weighted by Gasteiger charge is -2.31. The Morgan fingerprint density at radius 3 is 2.73 bits per heavy atom. The molecule has 2 atom stereocenters. The molecule has 5 heteroatoms. The van der Waals surface area contributed by atoms with Crippen LogP contribution in [0.1, 0.15) is 43.4 Å². The molecule has 2 rings (SSSR count). The third-order valence-electron chi connectivity index (χ3n) is 4.07. The second-order valence-corrected chi connectivity index (χ2v) is 7.88. The summed E-state index contributed by atoms with van der Waals surface area (Å²) in [6.07, 6.45) is 2.57. The minimum atomic E-state index is -0.895. The fourth-order valence-corrected chi connectivity index (χ4v) is 3.84. The molecule has 0 saturated heterocycles. The topological polar surface area (TPSA) is 49.4 Å². The van der Waals surface area contributed by atoms with E-state index >= 15 is 0 Å². The van der Waals surface area contributed by atoms with Gasteiger partial charge in [0.2, 0.25) is 0 Å². The normalized spacial score (nSPS) is 17.0. The Bertz CT molecular complexity index is 572. The van der Waals surface area contributed by atoms with Gasteiger partial charge in [-0.2, -0.15) is 0 Å². The van der Waals surface area contributed by atoms with E-state index in [0.717, 1.165) is 13.0 Å². The summed E-state index contributed by atoms with van der Waals surface area (Å²) in [7, 11) is -0.895. The fraction of sp³-hybridized carbons (Fsp3) is 0.588. The van der Waals surface area contributed by atoms with Crippen LogP contribution < -0.4 is 5.32 Å². The number of fused-ring (bicyclic) bond motifs is 1. The third-order valence-corrected chi connectivity index (χ3v) is 5.04. The van der Waals surface area contributed by atoms with Gasteiger partial charge in [-0.1, -0.05) is 32.0 Å². The second kappa shape index (κ2) is 7.27. The van der Waals surface area contributed by atoms with Crippen LogP contribution in [0.2, 0.25) is 0 Å². The van der Waals surface area contributed by atoms with E-state index in [-0.39, 0.29) is 12.1 Å². The number of nitrogens with one attached hydrogen (secondary N) is 1. The number of rotatable bonds is 4. The molecule has 0 aromatic heterocycles. The van der Waals surface area contributed by atoms with Crippen LogP contribution in [-0.2, 0) is 23.8 Å². The van der Waals surface area contributed by atoms with E-state index in [1.807, 2.05) is 11.8 Å². The highest BCUT2D eigenvalue weighted by atomic mass is 32.2. The van der Waals surface area contributed by atoms with Gasteiger partial charge < -0.3 is 10.2 Å². The SMILES string of the molecule is CC(C)c1cccc2c1CCN(C(=O)N[C@@H](C)C[S@@](C)=O)C2. The van der Waals surface area contributed by atoms with Crippen LogP contribution in [0, 0.1) is 0 Å². The molecule has 1 N–H and O–H groups in total. The van der Waals surface area contributed by atoms with Crippen LogP contribution in [0.25, 0.3) is 0 Å². The van der Waals surface area contributed by atoms with Gasteiger partial charge in [0, 0.05) is 41.9 Å². The molecule has 0 aliphatic carbocycles. The summed E-state index contributed by atoms with van der Waals surface area (Å²) in [5, 5.41) is 2.94. The molecule has 22 heavy (non-hydrogen) atoms. The molecule has 0 unspecified atom stereocenters. The Labute approximate surface area is 135 Å². The maximum absolute atomic E-state index is 12.3. The standard InChI is InChI=1S/C17H26N2O2S/c1-12(2)15-7-5-6-14-10-19(9-8-16(14)15)17(20)18-13(3)11-22(4)21/h5-7,12-13H,8-11H2,1-4H3,(H,18,20)/t13-,22+/m0/s1. The summed E-state index contributed by atoms with van der Waals surface area (Å²) in [4.78, 5) is 14.2. The summed E-state index contributed by atoms with van der Waals surface area (Å²) in [5.41, 5.74) is 4.05. The Morgan fingerprint density at radius 2 is 2.09 bits per heavy atom. The predicted octanol–water partition coefficient (Wildman–Crippen LogP) is 2.64. The number of carbonyl (C=O) groups is 1. The highest BCUT2D eigenvalue weighted by Crippen LogP contribution is 2.27. The van der Waals surface area contributed by atoms with Crippen molar-refractivity contribution >= 4 is 16.8 Å². The lowest BCUT2D eigenvalue weighted by Crippen LogP contribution is -2.47. The highest BCUT2D eigenvalue weighted by Gasteiger charge is 2.23. The van der Waals surface area contributed by atoms with Crippen LogP contribution in [0.4, 0.5) is 4.79 Å². The predicted molar refractivity (Wildman–Crippen MR) is 91.6 cm³/mol. The lowest BCUT2D eigenvalue weighted by molar-refractivity contribution is 0.190. The van der Waals surface area contributed by atoms with Crippen LogP contribution in [0.5, 0.6) is 0 Å². The molecule has 2 amide bonds. The van der Waals surface area contributed by atoms with Crippen molar-refractivity contribution in [1.29, 1.82) is 0 Å². The van der Waals surface area contributed by atoms with E-state index in [2.05, 4.69) is 37.4 Å². The first kappa shape index (κ1) is 17.0. The van der Waals surface area contributed by atoms with Gasteiger partial charge in [0.05, 0.1) is 0 Å². The number of amides is 2. The van der Waals surface area contributed by atoms with E-state index in [4.69, 9.17) is 0 Å². The maximum Gasteiger partial charge on any atom is 0.317 e. The Hall–Kier alpha value is -1.36. The number of hydrogen-bond donors (Lipinski definition) is 1. The summed E-state index contributed by atoms with van der Waals surface area (Å²) < 4.78 is 11.2. The zero-order valence-corrected chi connectivity index (χ0v) is 14.7. The first-order chi connectivity index (χ1) is 10.4.